The lowest BCUT2D eigenvalue weighted by atomic mass is 9.97. The van der Waals surface area contributed by atoms with Crippen molar-refractivity contribution in [1.29, 1.82) is 5.26 Å². The molecule has 0 saturated heterocycles. The summed E-state index contributed by atoms with van der Waals surface area (Å²) in [6, 6.07) is 18.0. The van der Waals surface area contributed by atoms with Crippen molar-refractivity contribution in [2.24, 2.45) is 12.2 Å². The van der Waals surface area contributed by atoms with Crippen LogP contribution in [0.2, 0.25) is 0 Å². The first-order valence-corrected chi connectivity index (χ1v) is 13.3. The summed E-state index contributed by atoms with van der Waals surface area (Å²) in [7, 11) is -2.12. The molecule has 38 heavy (non-hydrogen) atoms. The van der Waals surface area contributed by atoms with Gasteiger partial charge < -0.3 is 4.74 Å². The molecule has 1 atom stereocenters. The zero-order chi connectivity index (χ0) is 27.0. The molecule has 0 saturated carbocycles. The summed E-state index contributed by atoms with van der Waals surface area (Å²) >= 11 is 0. The number of hydrogen-bond acceptors (Lipinski definition) is 7. The summed E-state index contributed by atoms with van der Waals surface area (Å²) in [5.41, 5.74) is 5.61. The monoisotopic (exact) mass is 524 g/mol. The van der Waals surface area contributed by atoms with Crippen molar-refractivity contribution in [3.63, 3.8) is 0 Å². The minimum Gasteiger partial charge on any atom is -0.485 e. The van der Waals surface area contributed by atoms with Crippen LogP contribution < -0.4 is 9.88 Å². The molecule has 190 valence electrons. The Hall–Kier alpha value is -4.59. The van der Waals surface area contributed by atoms with Crippen LogP contribution in [0.4, 0.5) is 0 Å². The average molecular weight is 525 g/mol. The van der Waals surface area contributed by atoms with Crippen LogP contribution in [0.5, 0.6) is 5.75 Å². The Morgan fingerprint density at radius 2 is 1.87 bits per heavy atom. The molecule has 5 rings (SSSR count). The first-order chi connectivity index (χ1) is 18.1. The normalized spacial score (nSPS) is 12.3. The molecular formula is C28H24N6O3S. The van der Waals surface area contributed by atoms with E-state index in [-0.39, 0.29) is 16.3 Å². The molecule has 9 nitrogen and oxygen atoms in total. The average Bonchev–Trinajstić information content (AvgIpc) is 3.33. The molecular weight excluding hydrogens is 500 g/mol. The van der Waals surface area contributed by atoms with Crippen LogP contribution in [-0.2, 0) is 17.1 Å². The highest BCUT2D eigenvalue weighted by Crippen LogP contribution is 2.34. The molecule has 0 unspecified atom stereocenters. The van der Waals surface area contributed by atoms with Gasteiger partial charge in [0.1, 0.15) is 22.8 Å². The highest BCUT2D eigenvalue weighted by Gasteiger charge is 2.20. The molecule has 2 aromatic carbocycles. The van der Waals surface area contributed by atoms with E-state index in [1.54, 1.807) is 35.3 Å². The number of sulfonamides is 1. The van der Waals surface area contributed by atoms with Crippen LogP contribution in [0.3, 0.4) is 0 Å². The van der Waals surface area contributed by atoms with E-state index in [4.69, 9.17) is 9.88 Å². The van der Waals surface area contributed by atoms with Crippen LogP contribution in [0.15, 0.2) is 78.1 Å². The number of primary sulfonamides is 1. The first kappa shape index (κ1) is 25.1. The molecule has 0 amide bonds. The minimum atomic E-state index is -3.97. The number of nitrogens with two attached hydrogens (primary N) is 1. The zero-order valence-corrected chi connectivity index (χ0v) is 21.8. The maximum atomic E-state index is 12.1. The zero-order valence-electron chi connectivity index (χ0n) is 21.0. The van der Waals surface area contributed by atoms with Crippen molar-refractivity contribution in [2.45, 2.75) is 24.8 Å². The van der Waals surface area contributed by atoms with Crippen molar-refractivity contribution in [1.82, 2.24) is 19.7 Å². The van der Waals surface area contributed by atoms with E-state index in [9.17, 15) is 13.7 Å². The quantitative estimate of drug-likeness (QED) is 0.341. The largest absolute Gasteiger partial charge is 0.485 e. The predicted molar refractivity (Wildman–Crippen MR) is 143 cm³/mol. The van der Waals surface area contributed by atoms with E-state index in [0.717, 1.165) is 27.6 Å². The van der Waals surface area contributed by atoms with Gasteiger partial charge in [-0.15, -0.1) is 0 Å². The third kappa shape index (κ3) is 4.85. The molecule has 0 radical (unpaired) electrons. The van der Waals surface area contributed by atoms with Crippen molar-refractivity contribution in [3.8, 4) is 34.2 Å². The number of hydrogen-bond donors (Lipinski definition) is 1. The number of para-hydroxylation sites is 1. The molecule has 0 aliphatic rings. The van der Waals surface area contributed by atoms with Gasteiger partial charge in [-0.3, -0.25) is 9.67 Å². The van der Waals surface area contributed by atoms with Crippen LogP contribution in [0.25, 0.3) is 33.3 Å². The van der Waals surface area contributed by atoms with E-state index in [1.807, 2.05) is 57.4 Å². The van der Waals surface area contributed by atoms with Gasteiger partial charge in [0.15, 0.2) is 5.69 Å². The number of nitriles is 1. The Kier molecular flexibility index (Phi) is 6.40. The number of rotatable bonds is 6. The van der Waals surface area contributed by atoms with Gasteiger partial charge in [-0.1, -0.05) is 24.3 Å². The second kappa shape index (κ2) is 9.70. The van der Waals surface area contributed by atoms with Gasteiger partial charge in [0.2, 0.25) is 10.0 Å². The smallest absolute Gasteiger partial charge is 0.241 e. The van der Waals surface area contributed by atoms with Crippen molar-refractivity contribution >= 4 is 20.9 Å². The third-order valence-electron chi connectivity index (χ3n) is 6.19. The van der Waals surface area contributed by atoms with E-state index in [0.29, 0.717) is 16.8 Å². The summed E-state index contributed by atoms with van der Waals surface area (Å²) in [6.45, 7) is 3.75. The van der Waals surface area contributed by atoms with E-state index < -0.39 is 16.1 Å². The lowest BCUT2D eigenvalue weighted by Crippen LogP contribution is -2.15. The molecule has 0 spiro atoms. The molecule has 0 aliphatic heterocycles. The topological polar surface area (TPSA) is 137 Å². The summed E-state index contributed by atoms with van der Waals surface area (Å²) in [5, 5.41) is 20.2. The highest BCUT2D eigenvalue weighted by molar-refractivity contribution is 7.89. The molecule has 10 heteroatoms. The number of pyridine rings is 2. The number of ether oxygens (including phenoxy) is 1. The Labute approximate surface area is 220 Å². The Bertz CT molecular complexity index is 1820. The SMILES string of the molecule is Cc1cc([C@H](C)Oc2ccccc2S(N)(=O)=O)c2cc(-c3ccc(-c4cnn(C)c4)cn3)c(C#N)nc2c1. The number of aromatic nitrogens is 4. The predicted octanol–water partition coefficient (Wildman–Crippen LogP) is 4.66. The molecule has 0 fully saturated rings. The minimum absolute atomic E-state index is 0.0905. The highest BCUT2D eigenvalue weighted by atomic mass is 32.2. The molecule has 3 aromatic heterocycles. The van der Waals surface area contributed by atoms with Crippen molar-refractivity contribution in [3.05, 3.63) is 90.0 Å². The lowest BCUT2D eigenvalue weighted by molar-refractivity contribution is 0.222. The summed E-state index contributed by atoms with van der Waals surface area (Å²) in [5.74, 6) is 0.159. The Balaban J connectivity index is 1.59. The van der Waals surface area contributed by atoms with Gasteiger partial charge in [-0.05, 0) is 49.7 Å². The molecule has 2 N–H and O–H groups in total. The number of nitrogens with zero attached hydrogens (tertiary/aromatic N) is 5. The Morgan fingerprint density at radius 1 is 1.08 bits per heavy atom. The van der Waals surface area contributed by atoms with Gasteiger partial charge in [0.25, 0.3) is 0 Å². The van der Waals surface area contributed by atoms with Crippen molar-refractivity contribution < 1.29 is 13.2 Å². The van der Waals surface area contributed by atoms with Crippen LogP contribution >= 0.6 is 0 Å². The maximum Gasteiger partial charge on any atom is 0.241 e. The van der Waals surface area contributed by atoms with Crippen LogP contribution in [0, 0.1) is 18.3 Å². The maximum absolute atomic E-state index is 12.1. The molecule has 0 aliphatic carbocycles. The second-order valence-corrected chi connectivity index (χ2v) is 10.5. The first-order valence-electron chi connectivity index (χ1n) is 11.7. The molecule has 0 bridgehead atoms. The number of aryl methyl sites for hydroxylation is 2. The summed E-state index contributed by atoms with van der Waals surface area (Å²) in [4.78, 5) is 9.15. The van der Waals surface area contributed by atoms with Crippen LogP contribution in [-0.4, -0.2) is 28.2 Å². The number of benzene rings is 2. The summed E-state index contributed by atoms with van der Waals surface area (Å²) in [6.07, 6.45) is 4.85. The van der Waals surface area contributed by atoms with Gasteiger partial charge in [0, 0.05) is 47.1 Å². The van der Waals surface area contributed by atoms with Gasteiger partial charge in [-0.25, -0.2) is 18.5 Å². The van der Waals surface area contributed by atoms with Crippen molar-refractivity contribution in [2.75, 3.05) is 0 Å². The van der Waals surface area contributed by atoms with E-state index >= 15 is 0 Å². The second-order valence-electron chi connectivity index (χ2n) is 9.00. The lowest BCUT2D eigenvalue weighted by Gasteiger charge is -2.20. The summed E-state index contributed by atoms with van der Waals surface area (Å²) < 4.78 is 32.0. The van der Waals surface area contributed by atoms with Crippen LogP contribution in [0.1, 0.15) is 29.8 Å². The van der Waals surface area contributed by atoms with E-state index in [1.165, 1.54) is 6.07 Å². The molecule has 5 aromatic rings. The fourth-order valence-electron chi connectivity index (χ4n) is 4.40. The van der Waals surface area contributed by atoms with E-state index in [2.05, 4.69) is 21.1 Å². The fraction of sp³-hybridized carbons (Fsp3) is 0.143. The number of fused-ring (bicyclic) bond motifs is 1. The molecule has 3 heterocycles. The fourth-order valence-corrected chi connectivity index (χ4v) is 5.06. The van der Waals surface area contributed by atoms with Gasteiger partial charge >= 0.3 is 0 Å². The Morgan fingerprint density at radius 3 is 2.53 bits per heavy atom. The standard InChI is InChI=1S/C28H24N6O3S/c1-17-10-21(18(2)37-27-6-4-5-7-28(27)38(30,35)36)22-12-23(26(13-29)33-25(22)11-17)24-9-8-19(14-31-24)20-15-32-34(3)16-20/h4-12,14-16,18H,1-3H3,(H2,30,35,36)/t18-/m0/s1. The third-order valence-corrected chi connectivity index (χ3v) is 7.14. The van der Waals surface area contributed by atoms with Gasteiger partial charge in [-0.2, -0.15) is 10.4 Å². The van der Waals surface area contributed by atoms with Gasteiger partial charge in [0.05, 0.1) is 17.4 Å².